The van der Waals surface area contributed by atoms with Gasteiger partial charge >= 0.3 is 108 Å². The lowest BCUT2D eigenvalue weighted by atomic mass is 9.89. The van der Waals surface area contributed by atoms with Crippen molar-refractivity contribution in [1.29, 1.82) is 0 Å². The fourth-order valence-corrected chi connectivity index (χ4v) is 3.31. The number of nitrogens with zero attached hydrogens (tertiary/aromatic N) is 3. The van der Waals surface area contributed by atoms with Gasteiger partial charge in [-0.05, 0) is 0 Å². The first-order chi connectivity index (χ1) is 25.4. The molecule has 0 saturated heterocycles. The number of nitrogen functional groups attached to an aromatic ring is 1. The number of alkyl halides is 32. The summed E-state index contributed by atoms with van der Waals surface area (Å²) in [4.78, 5) is 6.80. The molecular weight excluding hydrogens is 948 g/mol. The van der Waals surface area contributed by atoms with Crippen LogP contribution in [-0.4, -0.2) is 124 Å². The van der Waals surface area contributed by atoms with Crippen LogP contribution in [0.3, 0.4) is 0 Å². The molecule has 0 radical (unpaired) electrons. The molecule has 38 heteroatoms. The minimum atomic E-state index is -8.91. The van der Waals surface area contributed by atoms with E-state index in [-0.39, 0.29) is 0 Å². The summed E-state index contributed by atoms with van der Waals surface area (Å²) in [6, 6.07) is -5.03. The standard InChI is InChI=1S/C21H8F32N4O2/c22-3(23)10(30,31)14(38,39)18(46,47)20(50,51)16(42,43)12(34,35)8(26,27)1-58-6-55-5(54)56-7(57-6)59-2-9(28,29)13(36,37)17(44,45)21(52,53)19(48,49)15(40,41)11(32,33)4(24)25/h3-4H,1-2H2,(H2,54,55,56,57). The first-order valence-electron chi connectivity index (χ1n) is 13.1. The average Bonchev–Trinajstić information content (AvgIpc) is 3.04. The summed E-state index contributed by atoms with van der Waals surface area (Å²) >= 11 is 0. The highest BCUT2D eigenvalue weighted by molar-refractivity contribution is 5.21. The van der Waals surface area contributed by atoms with Gasteiger partial charge in [0.1, 0.15) is 0 Å². The molecule has 1 rings (SSSR count). The zero-order valence-corrected chi connectivity index (χ0v) is 25.9. The molecule has 0 saturated carbocycles. The van der Waals surface area contributed by atoms with Crippen molar-refractivity contribution in [3.05, 3.63) is 0 Å². The van der Waals surface area contributed by atoms with Gasteiger partial charge in [-0.15, -0.1) is 4.98 Å². The molecule has 0 spiro atoms. The van der Waals surface area contributed by atoms with Crippen LogP contribution in [0.25, 0.3) is 0 Å². The summed E-state index contributed by atoms with van der Waals surface area (Å²) in [5.41, 5.74) is 4.68. The highest BCUT2D eigenvalue weighted by Gasteiger charge is 2.95. The number of ether oxygens (including phenoxy) is 2. The number of rotatable bonds is 20. The number of hydrogen-bond donors (Lipinski definition) is 1. The lowest BCUT2D eigenvalue weighted by Crippen LogP contribution is -2.74. The Morgan fingerprint density at radius 3 is 0.763 bits per heavy atom. The maximum absolute atomic E-state index is 14.1. The topological polar surface area (TPSA) is 83.2 Å². The molecule has 1 aromatic heterocycles. The first-order valence-corrected chi connectivity index (χ1v) is 13.1. The zero-order valence-electron chi connectivity index (χ0n) is 25.9. The second-order valence-electron chi connectivity index (χ2n) is 10.8. The van der Waals surface area contributed by atoms with Crippen molar-refractivity contribution in [3.8, 4) is 12.0 Å². The minimum Gasteiger partial charge on any atom is -0.457 e. The molecular formula is C21H8F32N4O2. The second-order valence-corrected chi connectivity index (χ2v) is 10.8. The van der Waals surface area contributed by atoms with Gasteiger partial charge in [0.25, 0.3) is 0 Å². The molecule has 1 heterocycles. The highest BCUT2D eigenvalue weighted by Crippen LogP contribution is 2.64. The van der Waals surface area contributed by atoms with E-state index in [1.165, 1.54) is 0 Å². The lowest BCUT2D eigenvalue weighted by Gasteiger charge is -2.42. The van der Waals surface area contributed by atoms with Crippen LogP contribution < -0.4 is 15.2 Å². The van der Waals surface area contributed by atoms with Gasteiger partial charge in [0.05, 0.1) is 0 Å². The van der Waals surface area contributed by atoms with Crippen LogP contribution in [0.4, 0.5) is 146 Å². The molecule has 0 amide bonds. The molecule has 59 heavy (non-hydrogen) atoms. The molecule has 0 aliphatic heterocycles. The Kier molecular flexibility index (Phi) is 13.2. The third-order valence-electron chi connectivity index (χ3n) is 6.84. The Hall–Kier alpha value is -3.83. The normalized spacial score (nSPS) is 16.0. The van der Waals surface area contributed by atoms with Crippen LogP contribution >= 0.6 is 0 Å². The summed E-state index contributed by atoms with van der Waals surface area (Å²) in [6.45, 7) is -7.74. The number of anilines is 1. The van der Waals surface area contributed by atoms with Crippen molar-refractivity contribution < 1.29 is 150 Å². The van der Waals surface area contributed by atoms with Gasteiger partial charge in [0.2, 0.25) is 5.95 Å². The van der Waals surface area contributed by atoms with Crippen molar-refractivity contribution in [3.63, 3.8) is 0 Å². The smallest absolute Gasteiger partial charge is 0.385 e. The predicted octanol–water partition coefficient (Wildman–Crippen LogP) is 9.64. The van der Waals surface area contributed by atoms with E-state index in [1.54, 1.807) is 0 Å². The molecule has 2 N–H and O–H groups in total. The second kappa shape index (κ2) is 14.7. The highest BCUT2D eigenvalue weighted by atomic mass is 19.4. The van der Waals surface area contributed by atoms with Crippen molar-refractivity contribution in [1.82, 2.24) is 15.0 Å². The van der Waals surface area contributed by atoms with E-state index in [2.05, 4.69) is 30.2 Å². The van der Waals surface area contributed by atoms with Gasteiger partial charge in [-0.1, -0.05) is 0 Å². The summed E-state index contributed by atoms with van der Waals surface area (Å²) in [5, 5.41) is 0. The van der Waals surface area contributed by atoms with E-state index in [0.29, 0.717) is 0 Å². The van der Waals surface area contributed by atoms with Gasteiger partial charge in [0.15, 0.2) is 13.2 Å². The van der Waals surface area contributed by atoms with Crippen LogP contribution in [0.1, 0.15) is 0 Å². The molecule has 0 aliphatic carbocycles. The fourth-order valence-electron chi connectivity index (χ4n) is 3.31. The fraction of sp³-hybridized carbons (Fsp3) is 0.857. The summed E-state index contributed by atoms with van der Waals surface area (Å²) in [7, 11) is 0. The third-order valence-corrected chi connectivity index (χ3v) is 6.84. The van der Waals surface area contributed by atoms with Crippen LogP contribution in [0.5, 0.6) is 12.0 Å². The zero-order chi connectivity index (χ0) is 47.8. The monoisotopic (exact) mass is 956 g/mol. The van der Waals surface area contributed by atoms with E-state index in [0.717, 1.165) is 0 Å². The lowest BCUT2D eigenvalue weighted by molar-refractivity contribution is -0.447. The van der Waals surface area contributed by atoms with E-state index in [9.17, 15) is 140 Å². The Balaban J connectivity index is 3.50. The molecule has 1 aromatic rings. The maximum atomic E-state index is 14.1. The molecule has 0 atom stereocenters. The number of aromatic nitrogens is 3. The van der Waals surface area contributed by atoms with Crippen molar-refractivity contribution in [2.75, 3.05) is 18.9 Å². The van der Waals surface area contributed by atoms with Crippen LogP contribution in [-0.2, 0) is 0 Å². The van der Waals surface area contributed by atoms with Crippen molar-refractivity contribution in [2.24, 2.45) is 0 Å². The van der Waals surface area contributed by atoms with Gasteiger partial charge < -0.3 is 15.2 Å². The number of halogens is 32. The molecule has 0 aromatic carbocycles. The number of nitrogens with two attached hydrogens (primary N) is 1. The number of hydrogen-bond acceptors (Lipinski definition) is 6. The first kappa shape index (κ1) is 53.2. The minimum absolute atomic E-state index is 1.94. The van der Waals surface area contributed by atoms with E-state index in [1.807, 2.05) is 0 Å². The summed E-state index contributed by atoms with van der Waals surface area (Å²) in [5.74, 6) is -119. The van der Waals surface area contributed by atoms with E-state index in [4.69, 9.17) is 0 Å². The average molecular weight is 956 g/mol. The SMILES string of the molecule is Nc1nc(OCC(F)(F)C(F)(F)C(F)(F)C(F)(F)C(F)(F)C(F)(F)C(F)(F)C(F)F)nc(OCC(F)(F)C(F)(F)C(F)(F)C(F)(F)C(F)(F)C(F)(F)C(F)(F)C(F)F)n1. The predicted molar refractivity (Wildman–Crippen MR) is 116 cm³/mol. The molecule has 0 bridgehead atoms. The van der Waals surface area contributed by atoms with E-state index < -0.39 is 127 Å². The third kappa shape index (κ3) is 7.50. The molecule has 0 unspecified atom stereocenters. The Bertz CT molecular complexity index is 1530. The van der Waals surface area contributed by atoms with Crippen molar-refractivity contribution in [2.45, 2.75) is 95.8 Å². The maximum Gasteiger partial charge on any atom is 0.385 e. The molecule has 0 aliphatic rings. The van der Waals surface area contributed by atoms with Crippen LogP contribution in [0.2, 0.25) is 0 Å². The van der Waals surface area contributed by atoms with Gasteiger partial charge in [-0.25, -0.2) is 17.6 Å². The van der Waals surface area contributed by atoms with Gasteiger partial charge in [-0.3, -0.25) is 0 Å². The Morgan fingerprint density at radius 1 is 0.339 bits per heavy atom. The van der Waals surface area contributed by atoms with E-state index >= 15 is 0 Å². The van der Waals surface area contributed by atoms with Gasteiger partial charge in [0, 0.05) is 0 Å². The van der Waals surface area contributed by atoms with Crippen LogP contribution in [0, 0.1) is 0 Å². The van der Waals surface area contributed by atoms with Crippen LogP contribution in [0.15, 0.2) is 0 Å². The largest absolute Gasteiger partial charge is 0.457 e. The Morgan fingerprint density at radius 2 is 0.542 bits per heavy atom. The molecule has 348 valence electrons. The van der Waals surface area contributed by atoms with Gasteiger partial charge in [-0.2, -0.15) is 133 Å². The molecule has 0 fully saturated rings. The quantitative estimate of drug-likeness (QED) is 0.131. The Labute approximate surface area is 299 Å². The summed E-state index contributed by atoms with van der Waals surface area (Å²) in [6.07, 6.45) is -12.3. The molecule has 6 nitrogen and oxygen atoms in total. The summed E-state index contributed by atoms with van der Waals surface area (Å²) < 4.78 is 437. The van der Waals surface area contributed by atoms with Crippen molar-refractivity contribution >= 4 is 5.95 Å².